The van der Waals surface area contributed by atoms with E-state index in [9.17, 15) is 10.1 Å². The van der Waals surface area contributed by atoms with Crippen LogP contribution in [0.15, 0.2) is 52.5 Å². The van der Waals surface area contributed by atoms with Crippen molar-refractivity contribution < 1.29 is 14.3 Å². The topological polar surface area (TPSA) is 71.3 Å². The first-order chi connectivity index (χ1) is 13.1. The van der Waals surface area contributed by atoms with Gasteiger partial charge in [0.25, 0.3) is 5.91 Å². The van der Waals surface area contributed by atoms with Gasteiger partial charge in [-0.3, -0.25) is 4.79 Å². The van der Waals surface area contributed by atoms with E-state index in [1.807, 2.05) is 32.0 Å². The van der Waals surface area contributed by atoms with E-state index in [0.717, 1.165) is 28.0 Å². The quantitative estimate of drug-likeness (QED) is 0.464. The van der Waals surface area contributed by atoms with Crippen molar-refractivity contribution in [2.45, 2.75) is 20.3 Å². The van der Waals surface area contributed by atoms with Crippen molar-refractivity contribution in [2.75, 3.05) is 18.5 Å². The smallest absolute Gasteiger partial charge is 0.266 e. The van der Waals surface area contributed by atoms with Crippen molar-refractivity contribution in [3.63, 3.8) is 0 Å². The van der Waals surface area contributed by atoms with Gasteiger partial charge in [0.1, 0.15) is 23.1 Å². The molecule has 0 aliphatic rings. The van der Waals surface area contributed by atoms with Gasteiger partial charge in [0, 0.05) is 5.69 Å². The zero-order valence-corrected chi connectivity index (χ0v) is 16.9. The van der Waals surface area contributed by atoms with E-state index in [0.29, 0.717) is 18.9 Å². The number of anilines is 1. The van der Waals surface area contributed by atoms with E-state index in [2.05, 4.69) is 21.2 Å². The van der Waals surface area contributed by atoms with Crippen LogP contribution in [0, 0.1) is 11.3 Å². The summed E-state index contributed by atoms with van der Waals surface area (Å²) in [5.74, 6) is 0.984. The van der Waals surface area contributed by atoms with Crippen LogP contribution < -0.4 is 14.8 Å². The molecule has 0 saturated heterocycles. The molecule has 0 aromatic heterocycles. The summed E-state index contributed by atoms with van der Waals surface area (Å²) in [5.41, 5.74) is 1.33. The number of halogens is 1. The van der Waals surface area contributed by atoms with Crippen LogP contribution in [0.2, 0.25) is 0 Å². The highest BCUT2D eigenvalue weighted by atomic mass is 79.9. The Bertz CT molecular complexity index is 855. The average Bonchev–Trinajstić information content (AvgIpc) is 2.67. The second-order valence-electron chi connectivity index (χ2n) is 5.62. The van der Waals surface area contributed by atoms with Crippen molar-refractivity contribution in [2.24, 2.45) is 0 Å². The maximum atomic E-state index is 12.4. The summed E-state index contributed by atoms with van der Waals surface area (Å²) in [6, 6.07) is 14.4. The zero-order valence-electron chi connectivity index (χ0n) is 15.3. The molecular weight excluding hydrogens is 408 g/mol. The summed E-state index contributed by atoms with van der Waals surface area (Å²) in [7, 11) is 0. The second kappa shape index (κ2) is 10.4. The number of nitriles is 1. The van der Waals surface area contributed by atoms with Gasteiger partial charge in [0.2, 0.25) is 0 Å². The number of amides is 1. The van der Waals surface area contributed by atoms with Gasteiger partial charge in [-0.2, -0.15) is 5.26 Å². The van der Waals surface area contributed by atoms with Gasteiger partial charge >= 0.3 is 0 Å². The van der Waals surface area contributed by atoms with Crippen LogP contribution in [0.3, 0.4) is 0 Å². The van der Waals surface area contributed by atoms with Crippen LogP contribution in [-0.2, 0) is 4.79 Å². The summed E-state index contributed by atoms with van der Waals surface area (Å²) < 4.78 is 11.7. The zero-order chi connectivity index (χ0) is 19.6. The molecule has 0 fully saturated rings. The predicted octanol–water partition coefficient (Wildman–Crippen LogP) is 5.18. The minimum atomic E-state index is -0.468. The number of benzene rings is 2. The van der Waals surface area contributed by atoms with E-state index in [4.69, 9.17) is 9.47 Å². The molecule has 0 saturated carbocycles. The standard InChI is InChI=1S/C21H21BrN2O3/c1-3-11-27-20-10-5-15(13-19(20)22)12-16(14-23)21(25)24-17-6-8-18(9-7-17)26-4-2/h5-10,12-13H,3-4,11H2,1-2H3,(H,24,25)/b16-12+. The number of carbonyl (C=O) groups is 1. The molecule has 2 aromatic carbocycles. The third-order valence-corrected chi connectivity index (χ3v) is 4.14. The molecular formula is C21H21BrN2O3. The summed E-state index contributed by atoms with van der Waals surface area (Å²) in [4.78, 5) is 12.4. The molecule has 27 heavy (non-hydrogen) atoms. The Kier molecular flexibility index (Phi) is 7.90. The molecule has 1 N–H and O–H groups in total. The molecule has 0 radical (unpaired) electrons. The van der Waals surface area contributed by atoms with Gasteiger partial charge in [-0.15, -0.1) is 0 Å². The molecule has 6 heteroatoms. The van der Waals surface area contributed by atoms with Gasteiger partial charge < -0.3 is 14.8 Å². The lowest BCUT2D eigenvalue weighted by molar-refractivity contribution is -0.112. The minimum Gasteiger partial charge on any atom is -0.494 e. The molecule has 0 aliphatic carbocycles. The van der Waals surface area contributed by atoms with Crippen LogP contribution in [0.1, 0.15) is 25.8 Å². The fourth-order valence-corrected chi connectivity index (χ4v) is 2.76. The van der Waals surface area contributed by atoms with Crippen LogP contribution in [0.5, 0.6) is 11.5 Å². The summed E-state index contributed by atoms with van der Waals surface area (Å²) in [6.07, 6.45) is 2.46. The van der Waals surface area contributed by atoms with Gasteiger partial charge in [-0.05, 0) is 77.3 Å². The van der Waals surface area contributed by atoms with Crippen LogP contribution in [-0.4, -0.2) is 19.1 Å². The summed E-state index contributed by atoms with van der Waals surface area (Å²) in [6.45, 7) is 5.14. The number of hydrogen-bond acceptors (Lipinski definition) is 4. The number of ether oxygens (including phenoxy) is 2. The Morgan fingerprint density at radius 3 is 2.52 bits per heavy atom. The molecule has 1 amide bonds. The van der Waals surface area contributed by atoms with Crippen molar-refractivity contribution in [3.8, 4) is 17.6 Å². The highest BCUT2D eigenvalue weighted by Gasteiger charge is 2.10. The van der Waals surface area contributed by atoms with Crippen molar-refractivity contribution >= 4 is 33.6 Å². The molecule has 0 bridgehead atoms. The highest BCUT2D eigenvalue weighted by molar-refractivity contribution is 9.10. The SMILES string of the molecule is CCCOc1ccc(/C=C(\C#N)C(=O)Nc2ccc(OCC)cc2)cc1Br. The maximum Gasteiger partial charge on any atom is 0.266 e. The molecule has 2 rings (SSSR count). The predicted molar refractivity (Wildman–Crippen MR) is 110 cm³/mol. The van der Waals surface area contributed by atoms with E-state index >= 15 is 0 Å². The fraction of sp³-hybridized carbons (Fsp3) is 0.238. The monoisotopic (exact) mass is 428 g/mol. The Morgan fingerprint density at radius 1 is 1.19 bits per heavy atom. The normalized spacial score (nSPS) is 10.8. The van der Waals surface area contributed by atoms with Crippen LogP contribution in [0.25, 0.3) is 6.08 Å². The lowest BCUT2D eigenvalue weighted by Gasteiger charge is -2.08. The van der Waals surface area contributed by atoms with Gasteiger partial charge in [0.15, 0.2) is 0 Å². The van der Waals surface area contributed by atoms with Gasteiger partial charge in [-0.1, -0.05) is 13.0 Å². The lowest BCUT2D eigenvalue weighted by atomic mass is 10.1. The molecule has 0 aliphatic heterocycles. The molecule has 0 unspecified atom stereocenters. The number of hydrogen-bond donors (Lipinski definition) is 1. The second-order valence-corrected chi connectivity index (χ2v) is 6.47. The molecule has 5 nitrogen and oxygen atoms in total. The third kappa shape index (κ3) is 6.15. The molecule has 140 valence electrons. The number of nitrogens with zero attached hydrogens (tertiary/aromatic N) is 1. The Hall–Kier alpha value is -2.78. The maximum absolute atomic E-state index is 12.4. The Balaban J connectivity index is 2.11. The lowest BCUT2D eigenvalue weighted by Crippen LogP contribution is -2.13. The van der Waals surface area contributed by atoms with Gasteiger partial charge in [0.05, 0.1) is 17.7 Å². The first-order valence-electron chi connectivity index (χ1n) is 8.65. The minimum absolute atomic E-state index is 0.0120. The molecule has 0 heterocycles. The van der Waals surface area contributed by atoms with E-state index in [1.165, 1.54) is 6.08 Å². The third-order valence-electron chi connectivity index (χ3n) is 3.52. The Labute approximate surface area is 167 Å². The van der Waals surface area contributed by atoms with E-state index in [-0.39, 0.29) is 5.57 Å². The van der Waals surface area contributed by atoms with Crippen molar-refractivity contribution in [1.29, 1.82) is 5.26 Å². The highest BCUT2D eigenvalue weighted by Crippen LogP contribution is 2.27. The largest absolute Gasteiger partial charge is 0.494 e. The van der Waals surface area contributed by atoms with E-state index < -0.39 is 5.91 Å². The summed E-state index contributed by atoms with van der Waals surface area (Å²) in [5, 5.41) is 12.1. The number of rotatable bonds is 8. The number of nitrogens with one attached hydrogen (secondary N) is 1. The van der Waals surface area contributed by atoms with Crippen molar-refractivity contribution in [3.05, 3.63) is 58.1 Å². The fourth-order valence-electron chi connectivity index (χ4n) is 2.25. The van der Waals surface area contributed by atoms with Crippen LogP contribution >= 0.6 is 15.9 Å². The first kappa shape index (κ1) is 20.5. The Morgan fingerprint density at radius 2 is 1.93 bits per heavy atom. The summed E-state index contributed by atoms with van der Waals surface area (Å²) >= 11 is 3.45. The number of carbonyl (C=O) groups excluding carboxylic acids is 1. The van der Waals surface area contributed by atoms with Crippen molar-refractivity contribution in [1.82, 2.24) is 0 Å². The van der Waals surface area contributed by atoms with Crippen LogP contribution in [0.4, 0.5) is 5.69 Å². The van der Waals surface area contributed by atoms with Gasteiger partial charge in [-0.25, -0.2) is 0 Å². The average molecular weight is 429 g/mol. The first-order valence-corrected chi connectivity index (χ1v) is 9.45. The van der Waals surface area contributed by atoms with E-state index in [1.54, 1.807) is 30.3 Å². The molecule has 0 atom stereocenters. The molecule has 2 aromatic rings. The molecule has 0 spiro atoms.